The Bertz CT molecular complexity index is 445. The fraction of sp³-hybridized carbons (Fsp3) is 0.231. The number of hydrogen-bond acceptors (Lipinski definition) is 4. The van der Waals surface area contributed by atoms with Crippen molar-refractivity contribution in [2.75, 3.05) is 0 Å². The largest absolute Gasteiger partial charge is 0.327 e. The van der Waals surface area contributed by atoms with Gasteiger partial charge in [0.25, 0.3) is 0 Å². The summed E-state index contributed by atoms with van der Waals surface area (Å²) in [4.78, 5) is 8.35. The quantitative estimate of drug-likeness (QED) is 0.841. The fourth-order valence-electron chi connectivity index (χ4n) is 1.58. The number of pyridine rings is 2. The van der Waals surface area contributed by atoms with Gasteiger partial charge in [-0.25, -0.2) is 4.98 Å². The molecule has 0 radical (unpaired) electrons. The maximum atomic E-state index is 6.05. The van der Waals surface area contributed by atoms with Gasteiger partial charge in [0, 0.05) is 24.6 Å². The summed E-state index contributed by atoms with van der Waals surface area (Å²) in [5, 5.41) is 1.19. The molecular formula is C13H15N3S. The van der Waals surface area contributed by atoms with Crippen molar-refractivity contribution in [3.8, 4) is 0 Å². The highest BCUT2D eigenvalue weighted by atomic mass is 32.2. The van der Waals surface area contributed by atoms with E-state index >= 15 is 0 Å². The van der Waals surface area contributed by atoms with E-state index in [1.807, 2.05) is 37.3 Å². The second-order valence-electron chi connectivity index (χ2n) is 3.85. The van der Waals surface area contributed by atoms with Crippen LogP contribution in [0.5, 0.6) is 0 Å². The van der Waals surface area contributed by atoms with Crippen molar-refractivity contribution in [1.82, 2.24) is 9.97 Å². The molecule has 0 aliphatic heterocycles. The van der Waals surface area contributed by atoms with Crippen LogP contribution in [0.4, 0.5) is 0 Å². The van der Waals surface area contributed by atoms with Crippen LogP contribution in [0.2, 0.25) is 0 Å². The summed E-state index contributed by atoms with van der Waals surface area (Å²) >= 11 is 1.69. The number of nitrogens with two attached hydrogens (primary N) is 1. The molecule has 0 bridgehead atoms. The summed E-state index contributed by atoms with van der Waals surface area (Å²) in [6, 6.07) is 9.97. The molecule has 2 unspecified atom stereocenters. The second-order valence-corrected chi connectivity index (χ2v) is 5.01. The first kappa shape index (κ1) is 12.1. The molecule has 0 aliphatic rings. The van der Waals surface area contributed by atoms with Crippen LogP contribution in [0, 0.1) is 0 Å². The minimum absolute atomic E-state index is 0.0596. The Kier molecular flexibility index (Phi) is 4.12. The van der Waals surface area contributed by atoms with Crippen LogP contribution in [-0.2, 0) is 0 Å². The third-order valence-electron chi connectivity index (χ3n) is 2.40. The number of rotatable bonds is 4. The van der Waals surface area contributed by atoms with Gasteiger partial charge in [0.1, 0.15) is 0 Å². The standard InChI is InChI=1S/C13H15N3S/c1-10(14)13(11-5-8-15-9-6-11)17-12-4-2-3-7-16-12/h2-10,13H,14H2,1H3. The van der Waals surface area contributed by atoms with Crippen LogP contribution in [0.25, 0.3) is 0 Å². The molecule has 0 aliphatic carbocycles. The lowest BCUT2D eigenvalue weighted by Gasteiger charge is -2.19. The summed E-state index contributed by atoms with van der Waals surface area (Å²) in [7, 11) is 0. The maximum absolute atomic E-state index is 6.05. The van der Waals surface area contributed by atoms with Gasteiger partial charge in [-0.05, 0) is 36.8 Å². The van der Waals surface area contributed by atoms with Crippen LogP contribution in [0.1, 0.15) is 17.7 Å². The summed E-state index contributed by atoms with van der Waals surface area (Å²) in [5.74, 6) is 0. The Hall–Kier alpha value is -1.39. The molecule has 2 rings (SSSR count). The topological polar surface area (TPSA) is 51.8 Å². The fourth-order valence-corrected chi connectivity index (χ4v) is 2.63. The van der Waals surface area contributed by atoms with Gasteiger partial charge in [-0.15, -0.1) is 0 Å². The van der Waals surface area contributed by atoms with Gasteiger partial charge < -0.3 is 5.73 Å². The van der Waals surface area contributed by atoms with Crippen molar-refractivity contribution in [3.05, 3.63) is 54.5 Å². The molecule has 4 heteroatoms. The Labute approximate surface area is 105 Å². The Morgan fingerprint density at radius 3 is 2.47 bits per heavy atom. The first-order valence-corrected chi connectivity index (χ1v) is 6.38. The lowest BCUT2D eigenvalue weighted by atomic mass is 10.1. The van der Waals surface area contributed by atoms with Crippen molar-refractivity contribution in [3.63, 3.8) is 0 Å². The average molecular weight is 245 g/mol. The SMILES string of the molecule is CC(N)C(Sc1ccccn1)c1ccncc1. The van der Waals surface area contributed by atoms with E-state index in [1.165, 1.54) is 5.56 Å². The first-order chi connectivity index (χ1) is 8.27. The highest BCUT2D eigenvalue weighted by molar-refractivity contribution is 7.99. The minimum Gasteiger partial charge on any atom is -0.327 e. The van der Waals surface area contributed by atoms with Crippen LogP contribution in [0.3, 0.4) is 0 Å². The molecule has 88 valence electrons. The third kappa shape index (κ3) is 3.28. The van der Waals surface area contributed by atoms with Gasteiger partial charge >= 0.3 is 0 Å². The predicted molar refractivity (Wildman–Crippen MR) is 70.7 cm³/mol. The molecule has 0 saturated carbocycles. The van der Waals surface area contributed by atoms with Crippen LogP contribution in [0.15, 0.2) is 53.9 Å². The van der Waals surface area contributed by atoms with E-state index < -0.39 is 0 Å². The zero-order valence-corrected chi connectivity index (χ0v) is 10.5. The molecule has 17 heavy (non-hydrogen) atoms. The Morgan fingerprint density at radius 2 is 1.88 bits per heavy atom. The van der Waals surface area contributed by atoms with E-state index in [0.29, 0.717) is 0 Å². The molecule has 3 nitrogen and oxygen atoms in total. The van der Waals surface area contributed by atoms with Gasteiger partial charge in [0.2, 0.25) is 0 Å². The molecule has 2 heterocycles. The van der Waals surface area contributed by atoms with Crippen LogP contribution < -0.4 is 5.73 Å². The molecule has 2 atom stereocenters. The van der Waals surface area contributed by atoms with E-state index in [9.17, 15) is 0 Å². The van der Waals surface area contributed by atoms with E-state index in [-0.39, 0.29) is 11.3 Å². The molecule has 2 aromatic rings. The van der Waals surface area contributed by atoms with Crippen molar-refractivity contribution >= 4 is 11.8 Å². The predicted octanol–water partition coefficient (Wildman–Crippen LogP) is 2.66. The van der Waals surface area contributed by atoms with E-state index in [4.69, 9.17) is 5.73 Å². The number of hydrogen-bond donors (Lipinski definition) is 1. The van der Waals surface area contributed by atoms with Gasteiger partial charge in [-0.1, -0.05) is 17.8 Å². The zero-order valence-electron chi connectivity index (χ0n) is 9.65. The highest BCUT2D eigenvalue weighted by Crippen LogP contribution is 2.35. The molecule has 2 aromatic heterocycles. The van der Waals surface area contributed by atoms with Crippen molar-refractivity contribution in [2.45, 2.75) is 23.2 Å². The lowest BCUT2D eigenvalue weighted by molar-refractivity contribution is 0.719. The Balaban J connectivity index is 2.20. The van der Waals surface area contributed by atoms with Gasteiger partial charge in [0.15, 0.2) is 0 Å². The monoisotopic (exact) mass is 245 g/mol. The molecule has 0 amide bonds. The molecule has 2 N–H and O–H groups in total. The Morgan fingerprint density at radius 1 is 1.12 bits per heavy atom. The average Bonchev–Trinajstić information content (AvgIpc) is 2.38. The lowest BCUT2D eigenvalue weighted by Crippen LogP contribution is -2.22. The van der Waals surface area contributed by atoms with E-state index in [1.54, 1.807) is 30.4 Å². The van der Waals surface area contributed by atoms with Crippen molar-refractivity contribution in [1.29, 1.82) is 0 Å². The molecule has 0 spiro atoms. The normalized spacial score (nSPS) is 14.2. The number of nitrogens with zero attached hydrogens (tertiary/aromatic N) is 2. The van der Waals surface area contributed by atoms with Crippen LogP contribution >= 0.6 is 11.8 Å². The smallest absolute Gasteiger partial charge is 0.0966 e. The highest BCUT2D eigenvalue weighted by Gasteiger charge is 2.17. The molecule has 0 saturated heterocycles. The zero-order chi connectivity index (χ0) is 12.1. The van der Waals surface area contributed by atoms with Gasteiger partial charge in [0.05, 0.1) is 10.3 Å². The summed E-state index contributed by atoms with van der Waals surface area (Å²) in [5.41, 5.74) is 7.23. The summed E-state index contributed by atoms with van der Waals surface area (Å²) < 4.78 is 0. The van der Waals surface area contributed by atoms with Gasteiger partial charge in [-0.3, -0.25) is 4.98 Å². The first-order valence-electron chi connectivity index (χ1n) is 5.50. The summed E-state index contributed by atoms with van der Waals surface area (Å²) in [6.07, 6.45) is 5.39. The van der Waals surface area contributed by atoms with E-state index in [0.717, 1.165) is 5.03 Å². The maximum Gasteiger partial charge on any atom is 0.0966 e. The molecule has 0 fully saturated rings. The van der Waals surface area contributed by atoms with E-state index in [2.05, 4.69) is 9.97 Å². The number of aromatic nitrogens is 2. The molecular weight excluding hydrogens is 230 g/mol. The number of thioether (sulfide) groups is 1. The van der Waals surface area contributed by atoms with Crippen LogP contribution in [-0.4, -0.2) is 16.0 Å². The third-order valence-corrected chi connectivity index (χ3v) is 3.84. The minimum atomic E-state index is 0.0596. The second kappa shape index (κ2) is 5.80. The van der Waals surface area contributed by atoms with Gasteiger partial charge in [-0.2, -0.15) is 0 Å². The summed E-state index contributed by atoms with van der Waals surface area (Å²) in [6.45, 7) is 2.01. The molecule has 0 aromatic carbocycles. The van der Waals surface area contributed by atoms with Crippen molar-refractivity contribution < 1.29 is 0 Å². The van der Waals surface area contributed by atoms with Crippen molar-refractivity contribution in [2.24, 2.45) is 5.73 Å².